The molecule has 0 saturated carbocycles. The van der Waals surface area contributed by atoms with Gasteiger partial charge < -0.3 is 0 Å². The molecule has 0 N–H and O–H groups in total. The van der Waals surface area contributed by atoms with E-state index >= 15 is 0 Å². The summed E-state index contributed by atoms with van der Waals surface area (Å²) in [5.74, 6) is -0.116. The van der Waals surface area contributed by atoms with E-state index in [0.717, 1.165) is 0 Å². The number of hydrogen-bond donors (Lipinski definition) is 0. The summed E-state index contributed by atoms with van der Waals surface area (Å²) in [6.07, 6.45) is 0. The fourth-order valence-corrected chi connectivity index (χ4v) is 1.47. The van der Waals surface area contributed by atoms with E-state index in [4.69, 9.17) is 23.2 Å². The first kappa shape index (κ1) is 10.3. The van der Waals surface area contributed by atoms with Crippen LogP contribution >= 0.6 is 23.2 Å². The van der Waals surface area contributed by atoms with Crippen molar-refractivity contribution in [3.05, 3.63) is 34.9 Å². The maximum absolute atomic E-state index is 13.6. The highest BCUT2D eigenvalue weighted by Crippen LogP contribution is 2.21. The van der Waals surface area contributed by atoms with Gasteiger partial charge in [-0.3, -0.25) is 0 Å². The van der Waals surface area contributed by atoms with E-state index in [0.29, 0.717) is 5.82 Å². The molecule has 0 unspecified atom stereocenters. The van der Waals surface area contributed by atoms with Crippen LogP contribution in [0.15, 0.2) is 18.2 Å². The Morgan fingerprint density at radius 2 is 2.20 bits per heavy atom. The molecule has 1 aromatic heterocycles. The van der Waals surface area contributed by atoms with Gasteiger partial charge in [0.25, 0.3) is 0 Å². The van der Waals surface area contributed by atoms with Crippen LogP contribution in [0.2, 0.25) is 5.02 Å². The van der Waals surface area contributed by atoms with Crippen LogP contribution < -0.4 is 0 Å². The molecule has 0 spiro atoms. The van der Waals surface area contributed by atoms with Gasteiger partial charge in [0, 0.05) is 0 Å². The summed E-state index contributed by atoms with van der Waals surface area (Å²) in [6, 6.07) is 4.58. The van der Waals surface area contributed by atoms with Gasteiger partial charge in [-0.05, 0) is 22.6 Å². The van der Waals surface area contributed by atoms with Crippen molar-refractivity contribution in [2.75, 3.05) is 0 Å². The second-order valence-corrected chi connectivity index (χ2v) is 3.39. The van der Waals surface area contributed by atoms with Crippen molar-refractivity contribution in [1.29, 1.82) is 0 Å². The lowest BCUT2D eigenvalue weighted by molar-refractivity contribution is 0.604. The normalized spacial score (nSPS) is 10.6. The molecule has 0 aliphatic rings. The number of tetrazole rings is 1. The molecular formula is C8H5Cl2FN4. The molecule has 0 saturated heterocycles. The van der Waals surface area contributed by atoms with E-state index in [1.165, 1.54) is 16.8 Å². The molecule has 15 heavy (non-hydrogen) atoms. The van der Waals surface area contributed by atoms with Crippen LogP contribution in [0.1, 0.15) is 5.82 Å². The van der Waals surface area contributed by atoms with E-state index < -0.39 is 5.82 Å². The standard InChI is InChI=1S/C8H5Cl2FN4/c9-4-7-12-13-14-15(7)6-3-1-2-5(10)8(6)11/h1-3H,4H2. The number of rotatable bonds is 2. The van der Waals surface area contributed by atoms with Crippen molar-refractivity contribution >= 4 is 23.2 Å². The molecule has 0 fully saturated rings. The molecule has 2 aromatic rings. The third-order valence-electron chi connectivity index (χ3n) is 1.81. The lowest BCUT2D eigenvalue weighted by atomic mass is 10.3. The number of benzene rings is 1. The first-order valence-electron chi connectivity index (χ1n) is 4.01. The van der Waals surface area contributed by atoms with Crippen LogP contribution in [-0.4, -0.2) is 20.2 Å². The summed E-state index contributed by atoms with van der Waals surface area (Å²) >= 11 is 11.2. The van der Waals surface area contributed by atoms with Crippen LogP contribution in [-0.2, 0) is 5.88 Å². The monoisotopic (exact) mass is 246 g/mol. The fraction of sp³-hybridized carbons (Fsp3) is 0.125. The van der Waals surface area contributed by atoms with Crippen molar-refractivity contribution < 1.29 is 4.39 Å². The zero-order chi connectivity index (χ0) is 10.8. The Labute approximate surface area is 94.6 Å². The fourth-order valence-electron chi connectivity index (χ4n) is 1.13. The van der Waals surface area contributed by atoms with E-state index in [1.54, 1.807) is 6.07 Å². The molecule has 0 aliphatic heterocycles. The third kappa shape index (κ3) is 1.80. The Hall–Kier alpha value is -1.20. The minimum Gasteiger partial charge on any atom is -0.203 e. The van der Waals surface area contributed by atoms with Gasteiger partial charge in [0.1, 0.15) is 5.69 Å². The molecule has 1 heterocycles. The van der Waals surface area contributed by atoms with Crippen molar-refractivity contribution in [2.45, 2.75) is 5.88 Å². The summed E-state index contributed by atoms with van der Waals surface area (Å²) in [5, 5.41) is 10.7. The smallest absolute Gasteiger partial charge is 0.171 e. The average Bonchev–Trinajstić information content (AvgIpc) is 2.70. The minimum atomic E-state index is -0.571. The number of aromatic nitrogens is 4. The van der Waals surface area contributed by atoms with Crippen LogP contribution in [0.4, 0.5) is 4.39 Å². The summed E-state index contributed by atoms with van der Waals surface area (Å²) in [7, 11) is 0. The van der Waals surface area contributed by atoms with E-state index in [1.807, 2.05) is 0 Å². The van der Waals surface area contributed by atoms with Crippen molar-refractivity contribution in [3.63, 3.8) is 0 Å². The summed E-state index contributed by atoms with van der Waals surface area (Å²) in [6.45, 7) is 0. The first-order chi connectivity index (χ1) is 7.24. The highest BCUT2D eigenvalue weighted by Gasteiger charge is 2.13. The number of halogens is 3. The van der Waals surface area contributed by atoms with Gasteiger partial charge in [0.05, 0.1) is 10.9 Å². The highest BCUT2D eigenvalue weighted by molar-refractivity contribution is 6.30. The summed E-state index contributed by atoms with van der Waals surface area (Å²) in [4.78, 5) is 0. The Morgan fingerprint density at radius 1 is 1.40 bits per heavy atom. The maximum Gasteiger partial charge on any atom is 0.171 e. The number of alkyl halides is 1. The minimum absolute atomic E-state index is 0.0172. The zero-order valence-electron chi connectivity index (χ0n) is 7.36. The average molecular weight is 247 g/mol. The molecule has 0 aliphatic carbocycles. The van der Waals surface area contributed by atoms with Gasteiger partial charge >= 0.3 is 0 Å². The molecule has 2 rings (SSSR count). The van der Waals surface area contributed by atoms with E-state index in [2.05, 4.69) is 15.5 Å². The van der Waals surface area contributed by atoms with Gasteiger partial charge in [-0.1, -0.05) is 17.7 Å². The van der Waals surface area contributed by atoms with Gasteiger partial charge in [-0.15, -0.1) is 16.7 Å². The maximum atomic E-state index is 13.6. The van der Waals surface area contributed by atoms with Gasteiger partial charge in [0.2, 0.25) is 0 Å². The van der Waals surface area contributed by atoms with Crippen LogP contribution in [0, 0.1) is 5.82 Å². The molecule has 78 valence electrons. The Kier molecular flexibility index (Phi) is 2.83. The van der Waals surface area contributed by atoms with Crippen molar-refractivity contribution in [3.8, 4) is 5.69 Å². The highest BCUT2D eigenvalue weighted by atomic mass is 35.5. The first-order valence-corrected chi connectivity index (χ1v) is 4.93. The summed E-state index contributed by atoms with van der Waals surface area (Å²) in [5.41, 5.74) is 0.183. The Bertz CT molecular complexity index is 485. The van der Waals surface area contributed by atoms with E-state index in [-0.39, 0.29) is 16.6 Å². The molecule has 1 aromatic carbocycles. The topological polar surface area (TPSA) is 43.6 Å². The van der Waals surface area contributed by atoms with Crippen molar-refractivity contribution in [1.82, 2.24) is 20.2 Å². The molecule has 0 radical (unpaired) electrons. The predicted octanol–water partition coefficient (Wildman–Crippen LogP) is 2.19. The van der Waals surface area contributed by atoms with Crippen molar-refractivity contribution in [2.24, 2.45) is 0 Å². The quantitative estimate of drug-likeness (QED) is 0.764. The van der Waals surface area contributed by atoms with Crippen LogP contribution in [0.5, 0.6) is 0 Å². The zero-order valence-corrected chi connectivity index (χ0v) is 8.87. The largest absolute Gasteiger partial charge is 0.203 e. The molecule has 0 bridgehead atoms. The lowest BCUT2D eigenvalue weighted by Crippen LogP contribution is -2.04. The second-order valence-electron chi connectivity index (χ2n) is 2.71. The predicted molar refractivity (Wildman–Crippen MR) is 53.7 cm³/mol. The number of nitrogens with zero attached hydrogens (tertiary/aromatic N) is 4. The molecule has 0 atom stereocenters. The van der Waals surface area contributed by atoms with Gasteiger partial charge in [-0.2, -0.15) is 4.68 Å². The lowest BCUT2D eigenvalue weighted by Gasteiger charge is -2.04. The third-order valence-corrected chi connectivity index (χ3v) is 2.34. The van der Waals surface area contributed by atoms with Crippen LogP contribution in [0.25, 0.3) is 5.69 Å². The van der Waals surface area contributed by atoms with E-state index in [9.17, 15) is 4.39 Å². The Morgan fingerprint density at radius 3 is 2.93 bits per heavy atom. The molecule has 4 nitrogen and oxygen atoms in total. The van der Waals surface area contributed by atoms with Crippen LogP contribution in [0.3, 0.4) is 0 Å². The van der Waals surface area contributed by atoms with Gasteiger partial charge in [0.15, 0.2) is 11.6 Å². The Balaban J connectivity index is 2.59. The SMILES string of the molecule is Fc1c(Cl)cccc1-n1nnnc1CCl. The molecule has 0 amide bonds. The molecule has 7 heteroatoms. The van der Waals surface area contributed by atoms with Gasteiger partial charge in [-0.25, -0.2) is 4.39 Å². The summed E-state index contributed by atoms with van der Waals surface area (Å²) < 4.78 is 14.8. The molecular weight excluding hydrogens is 242 g/mol. The second kappa shape index (κ2) is 4.12. The number of hydrogen-bond acceptors (Lipinski definition) is 3.